The molecule has 0 aromatic heterocycles. The minimum atomic E-state index is -0.573. The molecule has 1 aliphatic rings. The maximum atomic E-state index is 13.2. The number of carbonyl (C=O) groups excluding carboxylic acids is 1. The number of hydrogen-bond acceptors (Lipinski definition) is 2. The van der Waals surface area contributed by atoms with Crippen LogP contribution in [-0.4, -0.2) is 29.9 Å². The Hall–Kier alpha value is -0.840. The summed E-state index contributed by atoms with van der Waals surface area (Å²) in [5.41, 5.74) is 6.02. The Bertz CT molecular complexity index is 428. The van der Waals surface area contributed by atoms with Gasteiger partial charge in [-0.2, -0.15) is 0 Å². The first kappa shape index (κ1) is 14.2. The molecule has 3 nitrogen and oxygen atoms in total. The Balaban J connectivity index is 0.00000144. The molecule has 94 valence electrons. The van der Waals surface area contributed by atoms with Crippen molar-refractivity contribution < 1.29 is 9.18 Å². The quantitative estimate of drug-likeness (QED) is 0.855. The highest BCUT2D eigenvalue weighted by atomic mass is 35.5. The van der Waals surface area contributed by atoms with Crippen molar-refractivity contribution in [2.24, 2.45) is 5.73 Å². The van der Waals surface area contributed by atoms with E-state index in [0.717, 1.165) is 12.5 Å². The molecule has 0 saturated carbocycles. The van der Waals surface area contributed by atoms with Gasteiger partial charge in [-0.1, -0.05) is 11.6 Å². The molecule has 0 bridgehead atoms. The monoisotopic (exact) mass is 278 g/mol. The molecule has 1 heterocycles. The normalized spacial score (nSPS) is 19.0. The molecule has 0 spiro atoms. The number of halogens is 3. The van der Waals surface area contributed by atoms with E-state index in [-0.39, 0.29) is 29.4 Å². The second-order valence-corrected chi connectivity index (χ2v) is 4.34. The summed E-state index contributed by atoms with van der Waals surface area (Å²) < 4.78 is 13.2. The third-order valence-corrected chi connectivity index (χ3v) is 2.98. The van der Waals surface area contributed by atoms with Crippen molar-refractivity contribution in [3.05, 3.63) is 34.6 Å². The molecule has 1 aromatic carbocycles. The Labute approximate surface area is 110 Å². The molecule has 17 heavy (non-hydrogen) atoms. The number of hydrogen-bond donors (Lipinski definition) is 1. The van der Waals surface area contributed by atoms with Crippen molar-refractivity contribution in [1.29, 1.82) is 0 Å². The lowest BCUT2D eigenvalue weighted by molar-refractivity contribution is 0.0790. The van der Waals surface area contributed by atoms with Gasteiger partial charge in [0.2, 0.25) is 0 Å². The highest BCUT2D eigenvalue weighted by Crippen LogP contribution is 2.18. The minimum Gasteiger partial charge on any atom is -0.337 e. The number of nitrogens with zero attached hydrogens (tertiary/aromatic N) is 1. The van der Waals surface area contributed by atoms with Gasteiger partial charge >= 0.3 is 0 Å². The average Bonchev–Trinajstić information content (AvgIpc) is 2.68. The number of nitrogens with two attached hydrogens (primary N) is 1. The summed E-state index contributed by atoms with van der Waals surface area (Å²) in [5.74, 6) is -0.764. The van der Waals surface area contributed by atoms with Crippen LogP contribution in [0.2, 0.25) is 5.02 Å². The first-order valence-electron chi connectivity index (χ1n) is 5.08. The molecule has 1 atom stereocenters. The van der Waals surface area contributed by atoms with Crippen LogP contribution >= 0.6 is 24.0 Å². The summed E-state index contributed by atoms with van der Waals surface area (Å²) in [6.45, 7) is 1.16. The van der Waals surface area contributed by atoms with Crippen LogP contribution in [0.5, 0.6) is 0 Å². The van der Waals surface area contributed by atoms with Gasteiger partial charge in [-0.3, -0.25) is 4.79 Å². The van der Waals surface area contributed by atoms with Gasteiger partial charge < -0.3 is 10.6 Å². The molecule has 2 rings (SSSR count). The fourth-order valence-corrected chi connectivity index (χ4v) is 1.90. The van der Waals surface area contributed by atoms with Crippen molar-refractivity contribution >= 4 is 29.9 Å². The van der Waals surface area contributed by atoms with Crippen molar-refractivity contribution in [3.63, 3.8) is 0 Å². The maximum Gasteiger partial charge on any atom is 0.254 e. The second kappa shape index (κ2) is 5.67. The van der Waals surface area contributed by atoms with E-state index in [1.165, 1.54) is 12.1 Å². The third-order valence-electron chi connectivity index (χ3n) is 2.68. The molecule has 1 amide bonds. The van der Waals surface area contributed by atoms with E-state index < -0.39 is 5.82 Å². The average molecular weight is 279 g/mol. The van der Waals surface area contributed by atoms with Gasteiger partial charge in [-0.25, -0.2) is 4.39 Å². The van der Waals surface area contributed by atoms with Crippen molar-refractivity contribution in [3.8, 4) is 0 Å². The lowest BCUT2D eigenvalue weighted by Crippen LogP contribution is -2.31. The van der Waals surface area contributed by atoms with Gasteiger partial charge in [0.25, 0.3) is 5.91 Å². The molecule has 0 aliphatic carbocycles. The summed E-state index contributed by atoms with van der Waals surface area (Å²) in [5, 5.41) is 0.0228. The number of benzene rings is 1. The number of rotatable bonds is 1. The first-order chi connectivity index (χ1) is 7.58. The Morgan fingerprint density at radius 2 is 2.24 bits per heavy atom. The van der Waals surface area contributed by atoms with Crippen molar-refractivity contribution in [2.75, 3.05) is 13.1 Å². The zero-order valence-electron chi connectivity index (χ0n) is 9.03. The summed E-state index contributed by atoms with van der Waals surface area (Å²) in [6.07, 6.45) is 0.793. The summed E-state index contributed by atoms with van der Waals surface area (Å²) >= 11 is 5.55. The molecule has 1 aliphatic heterocycles. The largest absolute Gasteiger partial charge is 0.337 e. The molecule has 1 saturated heterocycles. The van der Waals surface area contributed by atoms with Gasteiger partial charge in [0.05, 0.1) is 5.02 Å². The smallest absolute Gasteiger partial charge is 0.254 e. The van der Waals surface area contributed by atoms with Gasteiger partial charge in [-0.05, 0) is 24.6 Å². The molecular formula is C11H13Cl2FN2O. The van der Waals surface area contributed by atoms with E-state index >= 15 is 0 Å². The minimum absolute atomic E-state index is 0. The number of likely N-dealkylation sites (tertiary alicyclic amines) is 1. The van der Waals surface area contributed by atoms with Crippen LogP contribution in [0.15, 0.2) is 18.2 Å². The lowest BCUT2D eigenvalue weighted by atomic mass is 10.2. The molecule has 1 aromatic rings. The number of amides is 1. The molecule has 0 unspecified atom stereocenters. The lowest BCUT2D eigenvalue weighted by Gasteiger charge is -2.15. The Kier molecular flexibility index (Phi) is 4.74. The van der Waals surface area contributed by atoms with Gasteiger partial charge in [0.15, 0.2) is 0 Å². The molecular weight excluding hydrogens is 266 g/mol. The highest BCUT2D eigenvalue weighted by Gasteiger charge is 2.24. The van der Waals surface area contributed by atoms with Crippen LogP contribution in [0.25, 0.3) is 0 Å². The molecule has 0 radical (unpaired) electrons. The molecule has 1 fully saturated rings. The first-order valence-corrected chi connectivity index (χ1v) is 5.45. The standard InChI is InChI=1S/C11H12ClFN2O.ClH/c12-9-2-1-7(5-10(9)13)11(16)15-4-3-8(14)6-15;/h1-2,5,8H,3-4,6,14H2;1H/t8-;/m1./s1. The third kappa shape index (κ3) is 3.09. The van der Waals surface area contributed by atoms with Crippen LogP contribution in [0.3, 0.4) is 0 Å². The maximum absolute atomic E-state index is 13.2. The van der Waals surface area contributed by atoms with Gasteiger partial charge in [-0.15, -0.1) is 12.4 Å². The van der Waals surface area contributed by atoms with Crippen LogP contribution in [0.4, 0.5) is 4.39 Å². The molecule has 2 N–H and O–H groups in total. The highest BCUT2D eigenvalue weighted by molar-refractivity contribution is 6.30. The summed E-state index contributed by atoms with van der Waals surface area (Å²) in [7, 11) is 0. The molecule has 6 heteroatoms. The van der Waals surface area contributed by atoms with Crippen molar-refractivity contribution in [1.82, 2.24) is 4.90 Å². The van der Waals surface area contributed by atoms with E-state index in [4.69, 9.17) is 17.3 Å². The summed E-state index contributed by atoms with van der Waals surface area (Å²) in [4.78, 5) is 13.5. The topological polar surface area (TPSA) is 46.3 Å². The zero-order chi connectivity index (χ0) is 11.7. The predicted octanol–water partition coefficient (Wildman–Crippen LogP) is 2.07. The van der Waals surface area contributed by atoms with Gasteiger partial charge in [0.1, 0.15) is 5.82 Å². The SMILES string of the molecule is Cl.N[C@@H]1CCN(C(=O)c2ccc(Cl)c(F)c2)C1. The fraction of sp³-hybridized carbons (Fsp3) is 0.364. The Morgan fingerprint density at radius 3 is 2.76 bits per heavy atom. The Morgan fingerprint density at radius 1 is 1.53 bits per heavy atom. The van der Waals surface area contributed by atoms with E-state index in [1.807, 2.05) is 0 Å². The van der Waals surface area contributed by atoms with Crippen LogP contribution in [-0.2, 0) is 0 Å². The van der Waals surface area contributed by atoms with E-state index in [9.17, 15) is 9.18 Å². The summed E-state index contributed by atoms with van der Waals surface area (Å²) in [6, 6.07) is 4.10. The number of carbonyl (C=O) groups is 1. The van der Waals surface area contributed by atoms with Crippen LogP contribution in [0.1, 0.15) is 16.8 Å². The van der Waals surface area contributed by atoms with Crippen LogP contribution in [0, 0.1) is 5.82 Å². The van der Waals surface area contributed by atoms with Gasteiger partial charge in [0, 0.05) is 24.7 Å². The van der Waals surface area contributed by atoms with E-state index in [2.05, 4.69) is 0 Å². The van der Waals surface area contributed by atoms with E-state index in [0.29, 0.717) is 18.7 Å². The second-order valence-electron chi connectivity index (χ2n) is 3.93. The van der Waals surface area contributed by atoms with Crippen LogP contribution < -0.4 is 5.73 Å². The van der Waals surface area contributed by atoms with Crippen molar-refractivity contribution in [2.45, 2.75) is 12.5 Å². The zero-order valence-corrected chi connectivity index (χ0v) is 10.6. The fourth-order valence-electron chi connectivity index (χ4n) is 1.78. The predicted molar refractivity (Wildman–Crippen MR) is 67.2 cm³/mol. The van der Waals surface area contributed by atoms with E-state index in [1.54, 1.807) is 4.90 Å².